The SMILES string of the molecule is CN(C)C(=O)c1cc(O)cc(Br)c1. The van der Waals surface area contributed by atoms with Crippen LogP contribution in [0.4, 0.5) is 0 Å². The number of rotatable bonds is 1. The van der Waals surface area contributed by atoms with Crippen molar-refractivity contribution < 1.29 is 9.90 Å². The van der Waals surface area contributed by atoms with Gasteiger partial charge >= 0.3 is 0 Å². The van der Waals surface area contributed by atoms with Gasteiger partial charge < -0.3 is 10.0 Å². The van der Waals surface area contributed by atoms with Crippen molar-refractivity contribution >= 4 is 21.8 Å². The normalized spacial score (nSPS) is 9.77. The molecule has 0 saturated heterocycles. The highest BCUT2D eigenvalue weighted by Crippen LogP contribution is 2.20. The summed E-state index contributed by atoms with van der Waals surface area (Å²) in [4.78, 5) is 12.9. The van der Waals surface area contributed by atoms with Gasteiger partial charge in [-0.2, -0.15) is 0 Å². The van der Waals surface area contributed by atoms with E-state index in [2.05, 4.69) is 15.9 Å². The number of hydrogen-bond acceptors (Lipinski definition) is 2. The fourth-order valence-electron chi connectivity index (χ4n) is 0.956. The maximum Gasteiger partial charge on any atom is 0.253 e. The Morgan fingerprint density at radius 3 is 2.46 bits per heavy atom. The van der Waals surface area contributed by atoms with Crippen molar-refractivity contribution in [3.63, 3.8) is 0 Å². The molecule has 0 spiro atoms. The number of aromatic hydroxyl groups is 1. The Morgan fingerprint density at radius 1 is 1.38 bits per heavy atom. The van der Waals surface area contributed by atoms with Gasteiger partial charge in [0.25, 0.3) is 5.91 Å². The van der Waals surface area contributed by atoms with Gasteiger partial charge in [-0.1, -0.05) is 15.9 Å². The summed E-state index contributed by atoms with van der Waals surface area (Å²) in [6.45, 7) is 0. The largest absolute Gasteiger partial charge is 0.508 e. The van der Waals surface area contributed by atoms with Crippen LogP contribution in [0.5, 0.6) is 5.75 Å². The second-order valence-electron chi connectivity index (χ2n) is 2.90. The summed E-state index contributed by atoms with van der Waals surface area (Å²) in [5.74, 6) is -0.0452. The first kappa shape index (κ1) is 10.1. The second kappa shape index (κ2) is 3.79. The molecule has 3 nitrogen and oxygen atoms in total. The lowest BCUT2D eigenvalue weighted by atomic mass is 10.2. The molecular formula is C9H10BrNO2. The smallest absolute Gasteiger partial charge is 0.253 e. The lowest BCUT2D eigenvalue weighted by molar-refractivity contribution is 0.0827. The summed E-state index contributed by atoms with van der Waals surface area (Å²) in [5, 5.41) is 9.22. The molecule has 0 radical (unpaired) electrons. The van der Waals surface area contributed by atoms with Gasteiger partial charge in [-0.15, -0.1) is 0 Å². The van der Waals surface area contributed by atoms with E-state index in [1.807, 2.05) is 0 Å². The van der Waals surface area contributed by atoms with Crippen molar-refractivity contribution in [2.75, 3.05) is 14.1 Å². The van der Waals surface area contributed by atoms with Gasteiger partial charge in [0.1, 0.15) is 5.75 Å². The zero-order valence-corrected chi connectivity index (χ0v) is 9.00. The quantitative estimate of drug-likeness (QED) is 0.819. The second-order valence-corrected chi connectivity index (χ2v) is 3.81. The number of carbonyl (C=O) groups excluding carboxylic acids is 1. The number of amides is 1. The van der Waals surface area contributed by atoms with E-state index in [4.69, 9.17) is 0 Å². The van der Waals surface area contributed by atoms with Gasteiger partial charge in [0, 0.05) is 24.1 Å². The number of carbonyl (C=O) groups is 1. The van der Waals surface area contributed by atoms with Crippen LogP contribution in [0.3, 0.4) is 0 Å². The van der Waals surface area contributed by atoms with Crippen LogP contribution in [-0.2, 0) is 0 Å². The molecule has 0 aliphatic heterocycles. The van der Waals surface area contributed by atoms with Crippen LogP contribution in [0.25, 0.3) is 0 Å². The van der Waals surface area contributed by atoms with Crippen LogP contribution in [0.2, 0.25) is 0 Å². The minimum absolute atomic E-state index is 0.0829. The molecule has 1 rings (SSSR count). The zero-order valence-electron chi connectivity index (χ0n) is 7.41. The van der Waals surface area contributed by atoms with Crippen molar-refractivity contribution in [2.24, 2.45) is 0 Å². The predicted molar refractivity (Wildman–Crippen MR) is 53.8 cm³/mol. The summed E-state index contributed by atoms with van der Waals surface area (Å²) < 4.78 is 0.692. The summed E-state index contributed by atoms with van der Waals surface area (Å²) in [6.07, 6.45) is 0. The third-order valence-corrected chi connectivity index (χ3v) is 1.99. The van der Waals surface area contributed by atoms with E-state index in [9.17, 15) is 9.90 Å². The van der Waals surface area contributed by atoms with E-state index in [1.54, 1.807) is 20.2 Å². The molecule has 0 unspecified atom stereocenters. The average molecular weight is 244 g/mol. The Labute approximate surface area is 85.1 Å². The predicted octanol–water partition coefficient (Wildman–Crippen LogP) is 1.86. The maximum atomic E-state index is 11.4. The van der Waals surface area contributed by atoms with Crippen molar-refractivity contribution in [3.05, 3.63) is 28.2 Å². The Hall–Kier alpha value is -1.03. The minimum Gasteiger partial charge on any atom is -0.508 e. The highest BCUT2D eigenvalue weighted by molar-refractivity contribution is 9.10. The molecular weight excluding hydrogens is 234 g/mol. The van der Waals surface area contributed by atoms with Gasteiger partial charge in [0.15, 0.2) is 0 Å². The van der Waals surface area contributed by atoms with Crippen LogP contribution in [0, 0.1) is 0 Å². The molecule has 1 aromatic carbocycles. The zero-order chi connectivity index (χ0) is 10.0. The van der Waals surface area contributed by atoms with Gasteiger partial charge in [-0.3, -0.25) is 4.79 Å². The topological polar surface area (TPSA) is 40.5 Å². The van der Waals surface area contributed by atoms with E-state index in [-0.39, 0.29) is 11.7 Å². The number of nitrogens with zero attached hydrogens (tertiary/aromatic N) is 1. The van der Waals surface area contributed by atoms with Gasteiger partial charge in [-0.25, -0.2) is 0 Å². The highest BCUT2D eigenvalue weighted by atomic mass is 79.9. The van der Waals surface area contributed by atoms with Crippen LogP contribution < -0.4 is 0 Å². The molecule has 0 saturated carbocycles. The molecule has 70 valence electrons. The standard InChI is InChI=1S/C9H10BrNO2/c1-11(2)9(13)6-3-7(10)5-8(12)4-6/h3-5,12H,1-2H3. The van der Waals surface area contributed by atoms with E-state index in [0.29, 0.717) is 10.0 Å². The number of benzene rings is 1. The molecule has 1 N–H and O–H groups in total. The summed E-state index contributed by atoms with van der Waals surface area (Å²) in [6, 6.07) is 4.64. The third-order valence-electron chi connectivity index (χ3n) is 1.54. The number of hydrogen-bond donors (Lipinski definition) is 1. The number of phenolic OH excluding ortho intramolecular Hbond substituents is 1. The van der Waals surface area contributed by atoms with Crippen molar-refractivity contribution in [3.8, 4) is 5.75 Å². The maximum absolute atomic E-state index is 11.4. The molecule has 0 aliphatic rings. The van der Waals surface area contributed by atoms with E-state index < -0.39 is 0 Å². The molecule has 0 aromatic heterocycles. The first-order valence-corrected chi connectivity index (χ1v) is 4.51. The third kappa shape index (κ3) is 2.45. The van der Waals surface area contributed by atoms with Crippen LogP contribution >= 0.6 is 15.9 Å². The van der Waals surface area contributed by atoms with Crippen LogP contribution in [0.1, 0.15) is 10.4 Å². The van der Waals surface area contributed by atoms with E-state index in [1.165, 1.54) is 17.0 Å². The molecule has 0 fully saturated rings. The average Bonchev–Trinajstić information content (AvgIpc) is 2.01. The molecule has 0 bridgehead atoms. The lowest BCUT2D eigenvalue weighted by Gasteiger charge is -2.10. The highest BCUT2D eigenvalue weighted by Gasteiger charge is 2.09. The molecule has 1 amide bonds. The van der Waals surface area contributed by atoms with Crippen LogP contribution in [0.15, 0.2) is 22.7 Å². The van der Waals surface area contributed by atoms with Crippen molar-refractivity contribution in [2.45, 2.75) is 0 Å². The van der Waals surface area contributed by atoms with Gasteiger partial charge in [-0.05, 0) is 18.2 Å². The van der Waals surface area contributed by atoms with Crippen molar-refractivity contribution in [1.29, 1.82) is 0 Å². The number of phenols is 1. The molecule has 0 heterocycles. The number of halogens is 1. The fraction of sp³-hybridized carbons (Fsp3) is 0.222. The fourth-order valence-corrected chi connectivity index (χ4v) is 1.44. The first-order valence-electron chi connectivity index (χ1n) is 3.72. The lowest BCUT2D eigenvalue weighted by Crippen LogP contribution is -2.21. The molecule has 0 atom stereocenters. The van der Waals surface area contributed by atoms with Gasteiger partial charge in [0.2, 0.25) is 0 Å². The monoisotopic (exact) mass is 243 g/mol. The Kier molecular flexibility index (Phi) is 2.93. The van der Waals surface area contributed by atoms with Crippen LogP contribution in [-0.4, -0.2) is 30.0 Å². The Morgan fingerprint density at radius 2 is 2.00 bits per heavy atom. The van der Waals surface area contributed by atoms with Crippen molar-refractivity contribution in [1.82, 2.24) is 4.90 Å². The molecule has 4 heteroatoms. The molecule has 1 aromatic rings. The summed E-state index contributed by atoms with van der Waals surface area (Å²) in [7, 11) is 3.33. The molecule has 0 aliphatic carbocycles. The summed E-state index contributed by atoms with van der Waals surface area (Å²) in [5.41, 5.74) is 0.469. The summed E-state index contributed by atoms with van der Waals surface area (Å²) >= 11 is 3.20. The van der Waals surface area contributed by atoms with E-state index in [0.717, 1.165) is 0 Å². The Balaban J connectivity index is 3.08. The molecule has 13 heavy (non-hydrogen) atoms. The van der Waals surface area contributed by atoms with Gasteiger partial charge in [0.05, 0.1) is 0 Å². The Bertz CT molecular complexity index is 316. The minimum atomic E-state index is -0.128. The first-order chi connectivity index (χ1) is 6.00. The van der Waals surface area contributed by atoms with E-state index >= 15 is 0 Å².